The summed E-state index contributed by atoms with van der Waals surface area (Å²) in [7, 11) is 0. The first-order valence-electron chi connectivity index (χ1n) is 16.5. The van der Waals surface area contributed by atoms with Gasteiger partial charge in [-0.1, -0.05) is 36.4 Å². The number of aromatic nitrogens is 1. The van der Waals surface area contributed by atoms with Gasteiger partial charge >= 0.3 is 0 Å². The zero-order valence-electron chi connectivity index (χ0n) is 29.4. The van der Waals surface area contributed by atoms with Crippen molar-refractivity contribution in [3.63, 3.8) is 0 Å². The van der Waals surface area contributed by atoms with Gasteiger partial charge in [-0.3, -0.25) is 0 Å². The number of pyridine rings is 1. The third kappa shape index (κ3) is 6.87. The average molecular weight is 901 g/mol. The van der Waals surface area contributed by atoms with Crippen LogP contribution in [-0.4, -0.2) is 6.15 Å². The van der Waals surface area contributed by atoms with Crippen LogP contribution in [0.25, 0.3) is 11.1 Å². The summed E-state index contributed by atoms with van der Waals surface area (Å²) in [4.78, 5) is 5.71. The van der Waals surface area contributed by atoms with E-state index in [9.17, 15) is 52.7 Å². The van der Waals surface area contributed by atoms with Gasteiger partial charge in [-0.25, -0.2) is 92.6 Å². The van der Waals surface area contributed by atoms with Crippen molar-refractivity contribution in [3.8, 4) is 16.9 Å². The van der Waals surface area contributed by atoms with Crippen LogP contribution in [0.4, 0.5) is 87.8 Å². The van der Waals surface area contributed by atoms with E-state index in [0.29, 0.717) is 0 Å². The fourth-order valence-corrected chi connectivity index (χ4v) is 6.68. The Bertz CT molecular complexity index is 2480. The number of rotatable bonds is 6. The van der Waals surface area contributed by atoms with E-state index in [1.54, 1.807) is 4.73 Å². The number of hydrogen-bond acceptors (Lipinski definition) is 1. The lowest BCUT2D eigenvalue weighted by Crippen LogP contribution is -2.81. The summed E-state index contributed by atoms with van der Waals surface area (Å²) in [5, 5.41) is 0. The van der Waals surface area contributed by atoms with Gasteiger partial charge in [0.05, 0.1) is 0 Å². The Labute approximate surface area is 331 Å². The molecule has 0 N–H and O–H groups in total. The molecule has 0 fully saturated rings. The number of halogens is 20. The molecule has 4 aromatic carbocycles. The molecule has 0 radical (unpaired) electrons. The maximum Gasteiger partial charge on any atom is 0.223 e. The molecule has 0 unspecified atom stereocenters. The van der Waals surface area contributed by atoms with Crippen molar-refractivity contribution in [3.05, 3.63) is 189 Å². The van der Waals surface area contributed by atoms with Crippen LogP contribution >= 0.6 is 0 Å². The molecule has 2 nitrogen and oxygen atoms in total. The average Bonchev–Trinajstić information content (AvgIpc) is 3.50. The van der Waals surface area contributed by atoms with E-state index in [0.717, 1.165) is 5.75 Å². The van der Waals surface area contributed by atoms with Crippen molar-refractivity contribution in [1.82, 2.24) is 0 Å². The predicted octanol–water partition coefficient (Wildman–Crippen LogP) is 8.77. The molecule has 5 aromatic rings. The van der Waals surface area contributed by atoms with Crippen molar-refractivity contribution in [1.29, 1.82) is 0 Å². The highest BCUT2D eigenvalue weighted by molar-refractivity contribution is 7.20. The number of fused-ring (bicyclic) bond motifs is 1. The van der Waals surface area contributed by atoms with Crippen LogP contribution in [0.15, 0.2) is 73.1 Å². The van der Waals surface area contributed by atoms with Gasteiger partial charge in [-0.2, -0.15) is 0 Å². The normalized spacial score (nSPS) is 11.5. The van der Waals surface area contributed by atoms with E-state index in [1.165, 1.54) is 11.1 Å². The van der Waals surface area contributed by atoms with Crippen molar-refractivity contribution < 1.29 is 97.4 Å². The zero-order valence-corrected chi connectivity index (χ0v) is 29.4. The van der Waals surface area contributed by atoms with Crippen molar-refractivity contribution in [2.75, 3.05) is 0 Å². The molecule has 2 aliphatic rings. The summed E-state index contributed by atoms with van der Waals surface area (Å²) >= 11 is 0. The Morgan fingerprint density at radius 1 is 0.290 bits per heavy atom. The summed E-state index contributed by atoms with van der Waals surface area (Å²) in [5.74, 6) is -70.6. The van der Waals surface area contributed by atoms with Gasteiger partial charge in [0.15, 0.2) is 69.8 Å². The third-order valence-corrected chi connectivity index (χ3v) is 9.31. The van der Waals surface area contributed by atoms with Gasteiger partial charge in [0, 0.05) is 16.9 Å². The van der Waals surface area contributed by atoms with Gasteiger partial charge in [-0.05, 0) is 23.3 Å². The van der Waals surface area contributed by atoms with E-state index >= 15 is 35.1 Å². The number of benzene rings is 4. The molecule has 0 amide bonds. The van der Waals surface area contributed by atoms with Gasteiger partial charge in [-0.15, -0.1) is 21.9 Å². The van der Waals surface area contributed by atoms with Crippen molar-refractivity contribution in [2.45, 2.75) is 0 Å². The predicted molar refractivity (Wildman–Crippen MR) is 175 cm³/mol. The van der Waals surface area contributed by atoms with Crippen LogP contribution in [0, 0.1) is 116 Å². The smallest absolute Gasteiger partial charge is 0.223 e. The lowest BCUT2D eigenvalue weighted by molar-refractivity contribution is -0.875. The second kappa shape index (κ2) is 16.6. The molecule has 0 bridgehead atoms. The minimum Gasteiger partial charge on any atom is -0.231 e. The van der Waals surface area contributed by atoms with E-state index in [-0.39, 0.29) is 0 Å². The molecule has 0 atom stereocenters. The van der Waals surface area contributed by atoms with Crippen LogP contribution in [0.3, 0.4) is 0 Å². The lowest BCUT2D eigenvalue weighted by atomic mass is 9.12. The standard InChI is InChI=1S/C24BF20.C15H12NO/c26-5-1(6(27)14(35)21(42)13(5)34)25(2-7(28)15(36)22(43)16(37)8(2)29,3-9(30)17(38)23(44)18(39)10(3)31)4-11(32)19(40)24(45)20(41)12(4)33;1-3-7-13-11-15(12-14(13)8-4-1)17-16-9-5-2-6-10-16/h;1-12H/q-1;+1. The highest BCUT2D eigenvalue weighted by atomic mass is 19.2. The number of nitrogens with zero attached hydrogens (tertiary/aromatic N) is 1. The molecule has 0 saturated carbocycles. The molecule has 23 heteroatoms. The second-order valence-corrected chi connectivity index (χ2v) is 12.6. The Morgan fingerprint density at radius 3 is 0.774 bits per heavy atom. The van der Waals surface area contributed by atoms with Crippen LogP contribution < -0.4 is 31.4 Å². The van der Waals surface area contributed by atoms with E-state index in [4.69, 9.17) is 4.84 Å². The SMILES string of the molecule is Fc1c(F)c(F)c([B-](c2c(F)c(F)c(F)c(F)c2F)(c2c(F)c(F)c(F)c(F)c2F)c2c(F)c(F)c(F)c(F)c2F)c(F)c1F.c1ccc2cc(O[n+]3ccccc3)cc-2cc1. The Kier molecular flexibility index (Phi) is 12.0. The van der Waals surface area contributed by atoms with Crippen LogP contribution in [0.1, 0.15) is 0 Å². The van der Waals surface area contributed by atoms with E-state index in [1.807, 2.05) is 60.9 Å². The summed E-state index contributed by atoms with van der Waals surface area (Å²) in [6.45, 7) is 0. The minimum absolute atomic E-state index is 0.849. The molecular weight excluding hydrogens is 889 g/mol. The second-order valence-electron chi connectivity index (χ2n) is 12.6. The molecule has 322 valence electrons. The van der Waals surface area contributed by atoms with Crippen LogP contribution in [0.2, 0.25) is 0 Å². The largest absolute Gasteiger partial charge is 0.231 e. The quantitative estimate of drug-likeness (QED) is 0.0536. The fourth-order valence-electron chi connectivity index (χ4n) is 6.68. The minimum atomic E-state index is -7.22. The summed E-state index contributed by atoms with van der Waals surface area (Å²) in [6, 6.07) is 20.1. The van der Waals surface area contributed by atoms with Crippen LogP contribution in [-0.2, 0) is 0 Å². The fraction of sp³-hybridized carbons (Fsp3) is 0. The van der Waals surface area contributed by atoms with Gasteiger partial charge in [0.25, 0.3) is 0 Å². The van der Waals surface area contributed by atoms with Gasteiger partial charge in [0.2, 0.25) is 18.1 Å². The first-order chi connectivity index (χ1) is 29.1. The monoisotopic (exact) mass is 901 g/mol. The molecule has 7 rings (SSSR count). The maximum absolute atomic E-state index is 15.4. The van der Waals surface area contributed by atoms with Crippen molar-refractivity contribution >= 4 is 28.0 Å². The topological polar surface area (TPSA) is 13.1 Å². The Balaban J connectivity index is 0.000000311. The molecule has 62 heavy (non-hydrogen) atoms. The molecule has 0 aliphatic heterocycles. The van der Waals surface area contributed by atoms with E-state index in [2.05, 4.69) is 12.1 Å². The molecule has 1 aromatic heterocycles. The Morgan fingerprint density at radius 2 is 0.516 bits per heavy atom. The number of hydrogen-bond donors (Lipinski definition) is 0. The van der Waals surface area contributed by atoms with Crippen molar-refractivity contribution in [2.24, 2.45) is 0 Å². The summed E-state index contributed by atoms with van der Waals surface area (Å²) in [6.07, 6.45) is -3.47. The van der Waals surface area contributed by atoms with Gasteiger partial charge in [0.1, 0.15) is 52.7 Å². The molecular formula is C39H12BF20NO. The third-order valence-electron chi connectivity index (χ3n) is 9.31. The molecule has 0 spiro atoms. The molecule has 2 aliphatic carbocycles. The zero-order chi connectivity index (χ0) is 45.9. The van der Waals surface area contributed by atoms with E-state index < -0.39 is 144 Å². The first kappa shape index (κ1) is 44.7. The summed E-state index contributed by atoms with van der Waals surface area (Å²) in [5.41, 5.74) is -12.0. The molecule has 0 saturated heterocycles. The van der Waals surface area contributed by atoms with Gasteiger partial charge < -0.3 is 0 Å². The maximum atomic E-state index is 15.4. The Hall–Kier alpha value is -6.81. The highest BCUT2D eigenvalue weighted by Gasteiger charge is 2.52. The van der Waals surface area contributed by atoms with Crippen LogP contribution in [0.5, 0.6) is 5.75 Å². The summed E-state index contributed by atoms with van der Waals surface area (Å²) < 4.78 is 296. The lowest BCUT2D eigenvalue weighted by Gasteiger charge is -2.44. The molecule has 1 heterocycles. The highest BCUT2D eigenvalue weighted by Crippen LogP contribution is 2.32. The first-order valence-corrected chi connectivity index (χ1v) is 16.5.